The van der Waals surface area contributed by atoms with Crippen LogP contribution in [-0.4, -0.2) is 26.9 Å². The first-order chi connectivity index (χ1) is 11.0. The van der Waals surface area contributed by atoms with E-state index >= 15 is 0 Å². The van der Waals surface area contributed by atoms with E-state index in [0.29, 0.717) is 21.8 Å². The van der Waals surface area contributed by atoms with Crippen molar-refractivity contribution in [2.45, 2.75) is 30.2 Å². The molecule has 0 unspecified atom stereocenters. The average Bonchev–Trinajstić information content (AvgIpc) is 2.98. The Hall–Kier alpha value is -1.60. The number of thiocarbonyl (C=S) groups is 1. The van der Waals surface area contributed by atoms with E-state index in [2.05, 4.69) is 34.0 Å². The summed E-state index contributed by atoms with van der Waals surface area (Å²) in [5.74, 6) is -2.40. The van der Waals surface area contributed by atoms with E-state index in [1.165, 1.54) is 5.69 Å². The van der Waals surface area contributed by atoms with Crippen molar-refractivity contribution in [3.8, 4) is 0 Å². The summed E-state index contributed by atoms with van der Waals surface area (Å²) in [6, 6.07) is 11.2. The predicted octanol–water partition coefficient (Wildman–Crippen LogP) is 4.58. The average molecular weight is 353 g/mol. The molecular formula is C16H17F2N3S2. The Morgan fingerprint density at radius 2 is 2.00 bits per heavy atom. The van der Waals surface area contributed by atoms with Crippen LogP contribution in [0.1, 0.15) is 18.7 Å². The molecule has 122 valence electrons. The SMILES string of the molecule is C[C@@H]1c2cccn2CCN1C(=S)Nc1ccc(SC(F)F)cc1. The van der Waals surface area contributed by atoms with Gasteiger partial charge in [-0.05, 0) is 55.5 Å². The van der Waals surface area contributed by atoms with E-state index in [-0.39, 0.29) is 6.04 Å². The van der Waals surface area contributed by atoms with Gasteiger partial charge in [-0.15, -0.1) is 0 Å². The van der Waals surface area contributed by atoms with Gasteiger partial charge in [0, 0.05) is 35.6 Å². The zero-order valence-electron chi connectivity index (χ0n) is 12.6. The van der Waals surface area contributed by atoms with Crippen molar-refractivity contribution in [1.29, 1.82) is 0 Å². The molecule has 0 bridgehead atoms. The van der Waals surface area contributed by atoms with Gasteiger partial charge >= 0.3 is 0 Å². The molecule has 7 heteroatoms. The van der Waals surface area contributed by atoms with Crippen molar-refractivity contribution in [2.24, 2.45) is 0 Å². The Morgan fingerprint density at radius 1 is 1.26 bits per heavy atom. The molecule has 2 heterocycles. The minimum atomic E-state index is -2.40. The van der Waals surface area contributed by atoms with Gasteiger partial charge in [-0.25, -0.2) is 0 Å². The minimum Gasteiger partial charge on any atom is -0.348 e. The van der Waals surface area contributed by atoms with Gasteiger partial charge in [0.1, 0.15) is 0 Å². The molecule has 1 aromatic carbocycles. The number of thioether (sulfide) groups is 1. The summed E-state index contributed by atoms with van der Waals surface area (Å²) in [6.07, 6.45) is 2.08. The number of nitrogens with zero attached hydrogens (tertiary/aromatic N) is 2. The zero-order valence-corrected chi connectivity index (χ0v) is 14.2. The Bertz CT molecular complexity index is 685. The van der Waals surface area contributed by atoms with E-state index in [1.54, 1.807) is 24.3 Å². The third kappa shape index (κ3) is 3.67. The second-order valence-electron chi connectivity index (χ2n) is 5.33. The molecule has 1 aliphatic rings. The maximum Gasteiger partial charge on any atom is 0.288 e. The summed E-state index contributed by atoms with van der Waals surface area (Å²) < 4.78 is 26.9. The number of rotatable bonds is 3. The third-order valence-electron chi connectivity index (χ3n) is 3.93. The highest BCUT2D eigenvalue weighted by molar-refractivity contribution is 7.99. The fourth-order valence-corrected chi connectivity index (χ4v) is 3.64. The second kappa shape index (κ2) is 6.88. The fourth-order valence-electron chi connectivity index (χ4n) is 2.77. The van der Waals surface area contributed by atoms with Crippen molar-refractivity contribution < 1.29 is 8.78 Å². The molecule has 0 spiro atoms. The molecule has 0 saturated carbocycles. The molecule has 0 amide bonds. The molecule has 0 aliphatic carbocycles. The first-order valence-corrected chi connectivity index (χ1v) is 8.61. The van der Waals surface area contributed by atoms with Crippen molar-refractivity contribution in [3.05, 3.63) is 48.3 Å². The Kier molecular flexibility index (Phi) is 4.87. The molecule has 0 radical (unpaired) electrons. The van der Waals surface area contributed by atoms with Gasteiger partial charge in [-0.2, -0.15) is 8.78 Å². The van der Waals surface area contributed by atoms with Crippen molar-refractivity contribution in [1.82, 2.24) is 9.47 Å². The number of anilines is 1. The van der Waals surface area contributed by atoms with E-state index in [4.69, 9.17) is 12.2 Å². The lowest BCUT2D eigenvalue weighted by Crippen LogP contribution is -2.42. The molecule has 1 aliphatic heterocycles. The van der Waals surface area contributed by atoms with Gasteiger partial charge in [-0.1, -0.05) is 11.8 Å². The summed E-state index contributed by atoms with van der Waals surface area (Å²) in [6.45, 7) is 3.87. The largest absolute Gasteiger partial charge is 0.348 e. The minimum absolute atomic E-state index is 0.201. The number of hydrogen-bond acceptors (Lipinski definition) is 2. The number of hydrogen-bond donors (Lipinski definition) is 1. The normalized spacial score (nSPS) is 17.2. The number of aromatic nitrogens is 1. The van der Waals surface area contributed by atoms with Crippen LogP contribution in [0.25, 0.3) is 0 Å². The van der Waals surface area contributed by atoms with Crippen LogP contribution >= 0.6 is 24.0 Å². The lowest BCUT2D eigenvalue weighted by atomic mass is 10.1. The van der Waals surface area contributed by atoms with Crippen LogP contribution in [0.5, 0.6) is 0 Å². The summed E-state index contributed by atoms with van der Waals surface area (Å²) in [7, 11) is 0. The van der Waals surface area contributed by atoms with Gasteiger partial charge in [0.05, 0.1) is 6.04 Å². The number of benzene rings is 1. The van der Waals surface area contributed by atoms with Crippen molar-refractivity contribution >= 4 is 34.8 Å². The van der Waals surface area contributed by atoms with Gasteiger partial charge in [-0.3, -0.25) is 0 Å². The second-order valence-corrected chi connectivity index (χ2v) is 6.78. The van der Waals surface area contributed by atoms with Crippen LogP contribution in [0.15, 0.2) is 47.5 Å². The Balaban J connectivity index is 1.65. The molecule has 1 atom stereocenters. The predicted molar refractivity (Wildman–Crippen MR) is 94.1 cm³/mol. The van der Waals surface area contributed by atoms with Crippen LogP contribution in [0, 0.1) is 0 Å². The van der Waals surface area contributed by atoms with Crippen LogP contribution in [0.4, 0.5) is 14.5 Å². The molecule has 0 saturated heterocycles. The molecule has 23 heavy (non-hydrogen) atoms. The maximum atomic E-state index is 12.3. The fraction of sp³-hybridized carbons (Fsp3) is 0.312. The number of halogens is 2. The molecular weight excluding hydrogens is 336 g/mol. The third-order valence-corrected chi connectivity index (χ3v) is 4.99. The van der Waals surface area contributed by atoms with Crippen molar-refractivity contribution in [3.63, 3.8) is 0 Å². The number of alkyl halides is 2. The smallest absolute Gasteiger partial charge is 0.288 e. The summed E-state index contributed by atoms with van der Waals surface area (Å²) >= 11 is 6.06. The molecule has 2 aromatic rings. The molecule has 3 rings (SSSR count). The van der Waals surface area contributed by atoms with Crippen LogP contribution < -0.4 is 5.32 Å². The van der Waals surface area contributed by atoms with E-state index in [1.807, 2.05) is 6.07 Å². The topological polar surface area (TPSA) is 20.2 Å². The van der Waals surface area contributed by atoms with Crippen molar-refractivity contribution in [2.75, 3.05) is 11.9 Å². The molecule has 1 aromatic heterocycles. The highest BCUT2D eigenvalue weighted by Crippen LogP contribution is 2.28. The van der Waals surface area contributed by atoms with Gasteiger partial charge < -0.3 is 14.8 Å². The first-order valence-electron chi connectivity index (χ1n) is 7.32. The maximum absolute atomic E-state index is 12.3. The number of fused-ring (bicyclic) bond motifs is 1. The molecule has 0 fully saturated rings. The lowest BCUT2D eigenvalue weighted by Gasteiger charge is -2.36. The Labute approximate surface area is 143 Å². The van der Waals surface area contributed by atoms with Crippen LogP contribution in [0.2, 0.25) is 0 Å². The van der Waals surface area contributed by atoms with Crippen LogP contribution in [0.3, 0.4) is 0 Å². The van der Waals surface area contributed by atoms with Crippen LogP contribution in [-0.2, 0) is 6.54 Å². The highest BCUT2D eigenvalue weighted by Gasteiger charge is 2.25. The summed E-state index contributed by atoms with van der Waals surface area (Å²) in [5, 5.41) is 3.85. The monoisotopic (exact) mass is 353 g/mol. The molecule has 3 nitrogen and oxygen atoms in total. The van der Waals surface area contributed by atoms with Gasteiger partial charge in [0.25, 0.3) is 5.76 Å². The molecule has 1 N–H and O–H groups in total. The summed E-state index contributed by atoms with van der Waals surface area (Å²) in [5.41, 5.74) is 2.05. The standard InChI is InChI=1S/C16H17F2N3S2/c1-11-14-3-2-8-20(14)9-10-21(11)16(22)19-12-4-6-13(7-5-12)23-15(17)18/h2-8,11,15H,9-10H2,1H3,(H,19,22)/t11-/m1/s1. The van der Waals surface area contributed by atoms with Gasteiger partial charge in [0.15, 0.2) is 5.11 Å². The van der Waals surface area contributed by atoms with Gasteiger partial charge in [0.2, 0.25) is 0 Å². The lowest BCUT2D eigenvalue weighted by molar-refractivity contribution is 0.252. The van der Waals surface area contributed by atoms with E-state index in [9.17, 15) is 8.78 Å². The number of nitrogens with one attached hydrogen (secondary N) is 1. The summed E-state index contributed by atoms with van der Waals surface area (Å²) in [4.78, 5) is 2.69. The zero-order chi connectivity index (χ0) is 16.4. The first kappa shape index (κ1) is 16.3. The highest BCUT2D eigenvalue weighted by atomic mass is 32.2. The van der Waals surface area contributed by atoms with E-state index < -0.39 is 5.76 Å². The quantitative estimate of drug-likeness (QED) is 0.644. The van der Waals surface area contributed by atoms with E-state index in [0.717, 1.165) is 18.8 Å². The Morgan fingerprint density at radius 3 is 2.70 bits per heavy atom.